The molecule has 0 bridgehead atoms. The van der Waals surface area contributed by atoms with Gasteiger partial charge in [0.2, 0.25) is 17.6 Å². The quantitative estimate of drug-likeness (QED) is 0.158. The van der Waals surface area contributed by atoms with Crippen molar-refractivity contribution in [2.45, 2.75) is 136 Å². The summed E-state index contributed by atoms with van der Waals surface area (Å²) in [5, 5.41) is 5.66. The molecule has 0 unspecified atom stereocenters. The standard InChI is InChI=1S/C44H59N5O8/c1-6-10-30(41(54)39(53)21-28-13-14-28)22-37(51)36-23-33(57-32-17-15-31(16-18-32)47-27(2)50)26-49(36)43(56)34(44(3,4)5)24-38(52)40(29-11-8-7-9-12-29)48-42(55)35-25-45-19-20-46-35/h15-20,25,28-30,33-34,36,40H,6-14,21-24,26H2,1-5H3,(H,47,50)(H,48,55)/t30-,33-,34-,36+,40+/m1/s1. The normalized spacial score (nSPS) is 20.2. The van der Waals surface area contributed by atoms with Crippen molar-refractivity contribution in [3.8, 4) is 5.75 Å². The van der Waals surface area contributed by atoms with Crippen molar-refractivity contribution in [3.05, 3.63) is 48.5 Å². The van der Waals surface area contributed by atoms with E-state index in [0.29, 0.717) is 24.3 Å². The van der Waals surface area contributed by atoms with Gasteiger partial charge in [-0.25, -0.2) is 4.98 Å². The molecule has 1 aromatic heterocycles. The van der Waals surface area contributed by atoms with E-state index in [1.165, 1.54) is 30.4 Å². The Kier molecular flexibility index (Phi) is 14.9. The smallest absolute Gasteiger partial charge is 0.272 e. The highest BCUT2D eigenvalue weighted by Crippen LogP contribution is 2.37. The summed E-state index contributed by atoms with van der Waals surface area (Å²) in [6.07, 6.45) is 10.9. The summed E-state index contributed by atoms with van der Waals surface area (Å²) in [7, 11) is 0. The second-order valence-corrected chi connectivity index (χ2v) is 17.3. The van der Waals surface area contributed by atoms with E-state index >= 15 is 0 Å². The first kappa shape index (κ1) is 43.3. The molecule has 1 aliphatic heterocycles. The van der Waals surface area contributed by atoms with Crippen LogP contribution in [0.15, 0.2) is 42.9 Å². The van der Waals surface area contributed by atoms with Gasteiger partial charge >= 0.3 is 0 Å². The third-order valence-corrected chi connectivity index (χ3v) is 11.6. The first-order chi connectivity index (χ1) is 27.1. The lowest BCUT2D eigenvalue weighted by Crippen LogP contribution is -2.51. The van der Waals surface area contributed by atoms with Crippen LogP contribution in [0, 0.1) is 29.1 Å². The molecule has 5 atom stereocenters. The lowest BCUT2D eigenvalue weighted by molar-refractivity contribution is -0.147. The Balaban J connectivity index is 1.40. The fraction of sp³-hybridized carbons (Fsp3) is 0.614. The Bertz CT molecular complexity index is 1760. The van der Waals surface area contributed by atoms with Gasteiger partial charge in [0.25, 0.3) is 5.91 Å². The molecule has 5 rings (SSSR count). The number of carbonyl (C=O) groups is 7. The average molecular weight is 786 g/mol. The van der Waals surface area contributed by atoms with Gasteiger partial charge in [0.15, 0.2) is 17.3 Å². The van der Waals surface area contributed by atoms with Crippen LogP contribution in [0.25, 0.3) is 0 Å². The first-order valence-corrected chi connectivity index (χ1v) is 20.7. The summed E-state index contributed by atoms with van der Waals surface area (Å²) in [6.45, 7) is 9.04. The molecule has 2 N–H and O–H groups in total. The van der Waals surface area contributed by atoms with Gasteiger partial charge in [-0.05, 0) is 73.6 Å². The van der Waals surface area contributed by atoms with Crippen LogP contribution in [-0.2, 0) is 28.8 Å². The molecular formula is C44H59N5O8. The number of ketones is 4. The van der Waals surface area contributed by atoms with E-state index in [1.807, 2.05) is 27.7 Å². The Morgan fingerprint density at radius 1 is 0.930 bits per heavy atom. The summed E-state index contributed by atoms with van der Waals surface area (Å²) in [4.78, 5) is 104. The number of ether oxygens (including phenoxy) is 1. The van der Waals surface area contributed by atoms with Gasteiger partial charge in [-0.3, -0.25) is 38.5 Å². The predicted octanol–water partition coefficient (Wildman–Crippen LogP) is 6.10. The highest BCUT2D eigenvalue weighted by Gasteiger charge is 2.47. The monoisotopic (exact) mass is 785 g/mol. The Morgan fingerprint density at radius 2 is 1.63 bits per heavy atom. The number of rotatable bonds is 19. The molecule has 2 aromatic rings. The molecule has 13 heteroatoms. The van der Waals surface area contributed by atoms with Crippen molar-refractivity contribution in [3.63, 3.8) is 0 Å². The van der Waals surface area contributed by atoms with E-state index in [-0.39, 0.29) is 73.1 Å². The maximum Gasteiger partial charge on any atom is 0.272 e. The minimum Gasteiger partial charge on any atom is -0.488 e. The SMILES string of the molecule is CCC[C@H](CC(=O)[C@@H]1C[C@@H](Oc2ccc(NC(C)=O)cc2)CN1C(=O)[C@@H](CC(=O)[C@@H](NC(=O)c1cnccn1)C1CCCCC1)C(C)(C)C)C(=O)C(=O)CC1CC1. The van der Waals surface area contributed by atoms with Crippen molar-refractivity contribution >= 4 is 46.5 Å². The summed E-state index contributed by atoms with van der Waals surface area (Å²) in [6, 6.07) is 5.02. The number of Topliss-reactive ketones (excluding diaryl/α,β-unsaturated/α-hetero) is 4. The van der Waals surface area contributed by atoms with Crippen molar-refractivity contribution in [1.82, 2.24) is 20.2 Å². The minimum atomic E-state index is -0.947. The van der Waals surface area contributed by atoms with Crippen LogP contribution in [-0.4, -0.2) is 80.5 Å². The van der Waals surface area contributed by atoms with Crippen LogP contribution in [0.2, 0.25) is 0 Å². The number of anilines is 1. The average Bonchev–Trinajstić information content (AvgIpc) is 3.90. The maximum atomic E-state index is 14.9. The molecule has 308 valence electrons. The van der Waals surface area contributed by atoms with E-state index < -0.39 is 52.9 Å². The number of aromatic nitrogens is 2. The van der Waals surface area contributed by atoms with E-state index in [9.17, 15) is 33.6 Å². The molecule has 0 radical (unpaired) electrons. The molecule has 1 saturated heterocycles. The number of likely N-dealkylation sites (tertiary alicyclic amines) is 1. The number of carbonyl (C=O) groups excluding carboxylic acids is 7. The van der Waals surface area contributed by atoms with Crippen molar-refractivity contribution in [2.75, 3.05) is 11.9 Å². The number of nitrogens with one attached hydrogen (secondary N) is 2. The molecule has 13 nitrogen and oxygen atoms in total. The number of nitrogens with zero attached hydrogens (tertiary/aromatic N) is 3. The van der Waals surface area contributed by atoms with Crippen molar-refractivity contribution in [1.29, 1.82) is 0 Å². The second-order valence-electron chi connectivity index (χ2n) is 17.3. The van der Waals surface area contributed by atoms with E-state index in [4.69, 9.17) is 4.74 Å². The van der Waals surface area contributed by atoms with Crippen LogP contribution in [0.1, 0.15) is 129 Å². The number of hydrogen-bond acceptors (Lipinski definition) is 10. The summed E-state index contributed by atoms with van der Waals surface area (Å²) < 4.78 is 6.33. The molecule has 57 heavy (non-hydrogen) atoms. The fourth-order valence-electron chi connectivity index (χ4n) is 8.26. The van der Waals surface area contributed by atoms with Crippen LogP contribution >= 0.6 is 0 Å². The molecule has 0 spiro atoms. The number of benzene rings is 1. The molecule has 3 aliphatic rings. The highest BCUT2D eigenvalue weighted by molar-refractivity contribution is 6.38. The molecule has 3 fully saturated rings. The van der Waals surface area contributed by atoms with E-state index in [2.05, 4.69) is 20.6 Å². The van der Waals surface area contributed by atoms with Crippen molar-refractivity contribution in [2.24, 2.45) is 29.1 Å². The van der Waals surface area contributed by atoms with Crippen LogP contribution in [0.3, 0.4) is 0 Å². The molecule has 2 saturated carbocycles. The Morgan fingerprint density at radius 3 is 2.23 bits per heavy atom. The molecular weight excluding hydrogens is 727 g/mol. The van der Waals surface area contributed by atoms with E-state index in [0.717, 1.165) is 44.9 Å². The number of hydrogen-bond donors (Lipinski definition) is 2. The molecule has 1 aromatic carbocycles. The predicted molar refractivity (Wildman–Crippen MR) is 213 cm³/mol. The number of amides is 3. The zero-order valence-electron chi connectivity index (χ0n) is 34.1. The van der Waals surface area contributed by atoms with Gasteiger partial charge in [-0.1, -0.05) is 53.4 Å². The first-order valence-electron chi connectivity index (χ1n) is 20.7. The van der Waals surface area contributed by atoms with Gasteiger partial charge in [0.05, 0.1) is 24.8 Å². The van der Waals surface area contributed by atoms with Crippen LogP contribution < -0.4 is 15.4 Å². The third-order valence-electron chi connectivity index (χ3n) is 11.6. The second kappa shape index (κ2) is 19.6. The lowest BCUT2D eigenvalue weighted by atomic mass is 9.74. The summed E-state index contributed by atoms with van der Waals surface area (Å²) in [5.74, 6) is -3.65. The minimum absolute atomic E-state index is 0.0614. The zero-order chi connectivity index (χ0) is 41.3. The highest BCUT2D eigenvalue weighted by atomic mass is 16.5. The van der Waals surface area contributed by atoms with Gasteiger partial charge in [0, 0.05) is 62.5 Å². The van der Waals surface area contributed by atoms with Gasteiger partial charge in [0.1, 0.15) is 17.5 Å². The van der Waals surface area contributed by atoms with Gasteiger partial charge < -0.3 is 20.3 Å². The summed E-state index contributed by atoms with van der Waals surface area (Å²) >= 11 is 0. The van der Waals surface area contributed by atoms with Gasteiger partial charge in [-0.15, -0.1) is 0 Å². The Labute approximate surface area is 335 Å². The van der Waals surface area contributed by atoms with Crippen LogP contribution in [0.5, 0.6) is 5.75 Å². The van der Waals surface area contributed by atoms with E-state index in [1.54, 1.807) is 24.3 Å². The summed E-state index contributed by atoms with van der Waals surface area (Å²) in [5.41, 5.74) is -0.0372. The molecule has 3 amide bonds. The fourth-order valence-corrected chi connectivity index (χ4v) is 8.26. The molecule has 2 heterocycles. The lowest BCUT2D eigenvalue weighted by Gasteiger charge is -2.36. The third kappa shape index (κ3) is 12.1. The Hall–Kier alpha value is -4.81. The molecule has 2 aliphatic carbocycles. The van der Waals surface area contributed by atoms with Crippen molar-refractivity contribution < 1.29 is 38.3 Å². The zero-order valence-corrected chi connectivity index (χ0v) is 34.1. The largest absolute Gasteiger partial charge is 0.488 e. The topological polar surface area (TPSA) is 182 Å². The van der Waals surface area contributed by atoms with Crippen LogP contribution in [0.4, 0.5) is 5.69 Å². The maximum absolute atomic E-state index is 14.9. The van der Waals surface area contributed by atoms with Gasteiger partial charge in [-0.2, -0.15) is 0 Å².